The number of hydrogen-bond donors (Lipinski definition) is 2. The molecule has 0 amide bonds. The Hall–Kier alpha value is -0.540. The van der Waals surface area contributed by atoms with Crippen molar-refractivity contribution in [3.05, 3.63) is 11.1 Å². The third-order valence-corrected chi connectivity index (χ3v) is 1.49. The number of rotatable bonds is 3. The predicted octanol–water partition coefficient (Wildman–Crippen LogP) is 1.21. The Balaban J connectivity index is 4.19. The molecular weight excluding hydrogens is 168 g/mol. The second kappa shape index (κ2) is 4.36. The molecule has 3 nitrogen and oxygen atoms in total. The third-order valence-electron chi connectivity index (χ3n) is 1.20. The molecule has 0 aliphatic heterocycles. The number of aliphatic carboxylic acids is 1. The molecule has 0 rings (SSSR count). The van der Waals surface area contributed by atoms with Crippen LogP contribution in [0.25, 0.3) is 0 Å². The molecule has 4 heteroatoms. The van der Waals surface area contributed by atoms with Crippen LogP contribution in [0.5, 0.6) is 0 Å². The lowest BCUT2D eigenvalue weighted by molar-refractivity contribution is -0.131. The molecule has 0 aromatic heterocycles. The van der Waals surface area contributed by atoms with Crippen molar-refractivity contribution in [1.29, 1.82) is 0 Å². The van der Waals surface area contributed by atoms with Gasteiger partial charge in [0, 0.05) is 0 Å². The molecule has 0 fully saturated rings. The molecule has 0 aliphatic rings. The van der Waals surface area contributed by atoms with Crippen molar-refractivity contribution >= 4 is 17.6 Å². The van der Waals surface area contributed by atoms with Crippen LogP contribution in [0.4, 0.5) is 0 Å². The first-order valence-electron chi connectivity index (χ1n) is 3.23. The molecule has 0 bridgehead atoms. The fraction of sp³-hybridized carbons (Fsp3) is 0.571. The summed E-state index contributed by atoms with van der Waals surface area (Å²) in [6, 6.07) is 0. The molecule has 0 radical (unpaired) electrons. The van der Waals surface area contributed by atoms with Gasteiger partial charge in [0.05, 0.1) is 6.10 Å². The minimum atomic E-state index is -1.22. The van der Waals surface area contributed by atoms with Crippen molar-refractivity contribution in [1.82, 2.24) is 0 Å². The van der Waals surface area contributed by atoms with Gasteiger partial charge >= 0.3 is 5.97 Å². The topological polar surface area (TPSA) is 57.5 Å². The maximum atomic E-state index is 10.1. The van der Waals surface area contributed by atoms with Crippen LogP contribution >= 0.6 is 11.6 Å². The second-order valence-corrected chi connectivity index (χ2v) is 2.96. The number of carboxylic acids is 1. The van der Waals surface area contributed by atoms with Crippen LogP contribution in [0.15, 0.2) is 11.1 Å². The molecule has 1 unspecified atom stereocenters. The average molecular weight is 179 g/mol. The lowest BCUT2D eigenvalue weighted by Crippen LogP contribution is -2.12. The van der Waals surface area contributed by atoms with E-state index in [1.165, 1.54) is 0 Å². The number of aliphatic hydroxyl groups is 1. The summed E-state index contributed by atoms with van der Waals surface area (Å²) < 4.78 is 0. The van der Waals surface area contributed by atoms with Crippen LogP contribution in [0.1, 0.15) is 13.8 Å². The van der Waals surface area contributed by atoms with E-state index in [1.54, 1.807) is 13.8 Å². The predicted molar refractivity (Wildman–Crippen MR) is 42.4 cm³/mol. The normalized spacial score (nSPS) is 15.2. The van der Waals surface area contributed by atoms with Gasteiger partial charge < -0.3 is 10.2 Å². The Morgan fingerprint density at radius 2 is 2.00 bits per heavy atom. The Kier molecular flexibility index (Phi) is 4.15. The van der Waals surface area contributed by atoms with Crippen molar-refractivity contribution < 1.29 is 15.0 Å². The van der Waals surface area contributed by atoms with Gasteiger partial charge in [0.25, 0.3) is 0 Å². The van der Waals surface area contributed by atoms with E-state index in [2.05, 4.69) is 0 Å². The van der Waals surface area contributed by atoms with Gasteiger partial charge in [0.1, 0.15) is 5.03 Å². The highest BCUT2D eigenvalue weighted by Crippen LogP contribution is 2.08. The minimum absolute atomic E-state index is 0.0249. The average Bonchev–Trinajstić information content (AvgIpc) is 1.87. The van der Waals surface area contributed by atoms with E-state index in [0.29, 0.717) is 0 Å². The maximum Gasteiger partial charge on any atom is 0.347 e. The van der Waals surface area contributed by atoms with Crippen LogP contribution in [-0.4, -0.2) is 22.3 Å². The van der Waals surface area contributed by atoms with Gasteiger partial charge in [-0.3, -0.25) is 0 Å². The van der Waals surface area contributed by atoms with E-state index in [1.807, 2.05) is 0 Å². The summed E-state index contributed by atoms with van der Waals surface area (Å²) in [5.74, 6) is -1.24. The van der Waals surface area contributed by atoms with Gasteiger partial charge in [-0.25, -0.2) is 4.79 Å². The number of aliphatic hydroxyl groups excluding tert-OH is 1. The lowest BCUT2D eigenvalue weighted by atomic mass is 10.1. The van der Waals surface area contributed by atoms with Gasteiger partial charge in [0.2, 0.25) is 0 Å². The van der Waals surface area contributed by atoms with Crippen LogP contribution in [0.2, 0.25) is 0 Å². The molecule has 0 aromatic rings. The number of halogens is 1. The summed E-state index contributed by atoms with van der Waals surface area (Å²) in [5, 5.41) is 17.1. The Morgan fingerprint density at radius 3 is 2.27 bits per heavy atom. The standard InChI is InChI=1S/C7H11ClO3/c1-4(2)6(9)3-5(8)7(10)11/h3-4,6,9H,1-2H3,(H,10,11). The molecular formula is C7H11ClO3. The molecule has 1 atom stereocenters. The monoisotopic (exact) mass is 178 g/mol. The SMILES string of the molecule is CC(C)C(O)C=C(Cl)C(=O)O. The zero-order valence-corrected chi connectivity index (χ0v) is 7.17. The molecule has 64 valence electrons. The molecule has 2 N–H and O–H groups in total. The van der Waals surface area contributed by atoms with E-state index in [-0.39, 0.29) is 11.0 Å². The second-order valence-electron chi connectivity index (χ2n) is 2.55. The van der Waals surface area contributed by atoms with Gasteiger partial charge in [-0.1, -0.05) is 25.4 Å². The van der Waals surface area contributed by atoms with Crippen molar-refractivity contribution in [3.8, 4) is 0 Å². The largest absolute Gasteiger partial charge is 0.477 e. The van der Waals surface area contributed by atoms with Crippen molar-refractivity contribution in [2.24, 2.45) is 5.92 Å². The highest BCUT2D eigenvalue weighted by molar-refractivity contribution is 6.40. The molecule has 0 saturated heterocycles. The first-order chi connectivity index (χ1) is 4.95. The summed E-state index contributed by atoms with van der Waals surface area (Å²) in [7, 11) is 0. The van der Waals surface area contributed by atoms with Gasteiger partial charge in [-0.05, 0) is 12.0 Å². The van der Waals surface area contributed by atoms with Crippen LogP contribution in [0.3, 0.4) is 0 Å². The van der Waals surface area contributed by atoms with Crippen LogP contribution < -0.4 is 0 Å². The van der Waals surface area contributed by atoms with E-state index in [0.717, 1.165) is 6.08 Å². The summed E-state index contributed by atoms with van der Waals surface area (Å²) in [6.45, 7) is 3.54. The zero-order chi connectivity index (χ0) is 9.02. The minimum Gasteiger partial charge on any atom is -0.477 e. The molecule has 0 spiro atoms. The Morgan fingerprint density at radius 1 is 1.55 bits per heavy atom. The van der Waals surface area contributed by atoms with E-state index < -0.39 is 12.1 Å². The summed E-state index contributed by atoms with van der Waals surface area (Å²) in [4.78, 5) is 10.1. The number of carboxylic acid groups (broad SMARTS) is 1. The number of carbonyl (C=O) groups is 1. The highest BCUT2D eigenvalue weighted by Gasteiger charge is 2.09. The van der Waals surface area contributed by atoms with Crippen molar-refractivity contribution in [2.45, 2.75) is 20.0 Å². The van der Waals surface area contributed by atoms with Crippen LogP contribution in [0, 0.1) is 5.92 Å². The lowest BCUT2D eigenvalue weighted by Gasteiger charge is -2.08. The molecule has 0 heterocycles. The van der Waals surface area contributed by atoms with Gasteiger partial charge in [-0.15, -0.1) is 0 Å². The Labute approximate surface area is 70.3 Å². The quantitative estimate of drug-likeness (QED) is 0.639. The molecule has 0 saturated carbocycles. The fourth-order valence-corrected chi connectivity index (χ4v) is 0.543. The first-order valence-corrected chi connectivity index (χ1v) is 3.61. The highest BCUT2D eigenvalue weighted by atomic mass is 35.5. The zero-order valence-electron chi connectivity index (χ0n) is 6.41. The van der Waals surface area contributed by atoms with Crippen molar-refractivity contribution in [3.63, 3.8) is 0 Å². The summed E-state index contributed by atoms with van der Waals surface area (Å²) in [6.07, 6.45) is 0.327. The van der Waals surface area contributed by atoms with Gasteiger partial charge in [0.15, 0.2) is 0 Å². The van der Waals surface area contributed by atoms with Crippen LogP contribution in [-0.2, 0) is 4.79 Å². The summed E-state index contributed by atoms with van der Waals surface area (Å²) in [5.41, 5.74) is 0. The fourth-order valence-electron chi connectivity index (χ4n) is 0.414. The molecule has 0 aromatic carbocycles. The maximum absolute atomic E-state index is 10.1. The van der Waals surface area contributed by atoms with E-state index in [4.69, 9.17) is 21.8 Å². The summed E-state index contributed by atoms with van der Waals surface area (Å²) >= 11 is 5.26. The third kappa shape index (κ3) is 4.01. The van der Waals surface area contributed by atoms with Gasteiger partial charge in [-0.2, -0.15) is 0 Å². The van der Waals surface area contributed by atoms with E-state index in [9.17, 15) is 4.79 Å². The van der Waals surface area contributed by atoms with Crippen molar-refractivity contribution in [2.75, 3.05) is 0 Å². The molecule has 11 heavy (non-hydrogen) atoms. The Bertz CT molecular complexity index is 175. The first kappa shape index (κ1) is 10.5. The molecule has 0 aliphatic carbocycles. The number of hydrogen-bond acceptors (Lipinski definition) is 2. The smallest absolute Gasteiger partial charge is 0.347 e. The van der Waals surface area contributed by atoms with E-state index >= 15 is 0 Å².